The Balaban J connectivity index is 1.97. The fourth-order valence-corrected chi connectivity index (χ4v) is 2.82. The maximum Gasteiger partial charge on any atom is 0.306 e. The lowest BCUT2D eigenvalue weighted by Gasteiger charge is -2.08. The summed E-state index contributed by atoms with van der Waals surface area (Å²) in [5.41, 5.74) is 1.67. The number of nitrogens with one attached hydrogen (secondary N) is 1. The van der Waals surface area contributed by atoms with Gasteiger partial charge in [-0.05, 0) is 6.07 Å². The van der Waals surface area contributed by atoms with Crippen LogP contribution >= 0.6 is 11.8 Å². The van der Waals surface area contributed by atoms with Crippen LogP contribution in [0.2, 0.25) is 0 Å². The molecule has 0 saturated carbocycles. The van der Waals surface area contributed by atoms with Gasteiger partial charge in [-0.15, -0.1) is 11.8 Å². The number of H-pyrrole nitrogens is 1. The molecular formula is C15H17NO3S. The predicted octanol–water partition coefficient (Wildman–Crippen LogP) is 3.04. The molecule has 0 aliphatic rings. The molecule has 0 aliphatic carbocycles. The minimum absolute atomic E-state index is 0.0663. The zero-order valence-corrected chi connectivity index (χ0v) is 12.3. The number of para-hydroxylation sites is 1. The summed E-state index contributed by atoms with van der Waals surface area (Å²) < 4.78 is 4.62. The second-order valence-electron chi connectivity index (χ2n) is 4.57. The van der Waals surface area contributed by atoms with Gasteiger partial charge < -0.3 is 9.72 Å². The predicted molar refractivity (Wildman–Crippen MR) is 81.2 cm³/mol. The third-order valence-corrected chi connectivity index (χ3v) is 4.23. The molecule has 5 heteroatoms. The van der Waals surface area contributed by atoms with Gasteiger partial charge in [-0.2, -0.15) is 0 Å². The number of Topliss-reactive ketones (excluding diaryl/α,β-unsaturated/α-hetero) is 1. The highest BCUT2D eigenvalue weighted by atomic mass is 32.2. The lowest BCUT2D eigenvalue weighted by molar-refractivity contribution is -0.140. The first-order valence-electron chi connectivity index (χ1n) is 6.39. The maximum absolute atomic E-state index is 12.2. The number of aromatic amines is 1. The molecule has 0 aliphatic heterocycles. The smallest absolute Gasteiger partial charge is 0.306 e. The number of carbonyl (C=O) groups is 2. The van der Waals surface area contributed by atoms with Crippen LogP contribution in [0.25, 0.3) is 10.9 Å². The van der Waals surface area contributed by atoms with Crippen molar-refractivity contribution in [2.45, 2.75) is 18.6 Å². The normalized spacial score (nSPS) is 12.3. The van der Waals surface area contributed by atoms with E-state index in [1.807, 2.05) is 31.2 Å². The fraction of sp³-hybridized carbons (Fsp3) is 0.333. The molecule has 1 heterocycles. The van der Waals surface area contributed by atoms with Gasteiger partial charge in [0, 0.05) is 27.9 Å². The number of thioether (sulfide) groups is 1. The lowest BCUT2D eigenvalue weighted by atomic mass is 10.1. The highest BCUT2D eigenvalue weighted by molar-refractivity contribution is 8.00. The highest BCUT2D eigenvalue weighted by Crippen LogP contribution is 2.21. The van der Waals surface area contributed by atoms with Crippen molar-refractivity contribution >= 4 is 34.4 Å². The number of hydrogen-bond donors (Lipinski definition) is 1. The molecule has 2 aromatic rings. The molecule has 2 rings (SSSR count). The number of methoxy groups -OCH3 is 1. The number of aromatic nitrogens is 1. The maximum atomic E-state index is 12.2. The fourth-order valence-electron chi connectivity index (χ4n) is 1.97. The molecule has 0 radical (unpaired) electrons. The number of carbonyl (C=O) groups excluding carboxylic acids is 2. The summed E-state index contributed by atoms with van der Waals surface area (Å²) in [6.45, 7) is 1.92. The van der Waals surface area contributed by atoms with Crippen LogP contribution in [0.4, 0.5) is 0 Å². The quantitative estimate of drug-likeness (QED) is 0.656. The van der Waals surface area contributed by atoms with E-state index < -0.39 is 0 Å². The number of hydrogen-bond acceptors (Lipinski definition) is 4. The van der Waals surface area contributed by atoms with Gasteiger partial charge in [0.2, 0.25) is 0 Å². The molecule has 20 heavy (non-hydrogen) atoms. The van der Waals surface area contributed by atoms with Crippen LogP contribution in [-0.4, -0.2) is 34.8 Å². The summed E-state index contributed by atoms with van der Waals surface area (Å²) in [7, 11) is 1.37. The van der Waals surface area contributed by atoms with Crippen molar-refractivity contribution in [3.63, 3.8) is 0 Å². The molecule has 106 valence electrons. The number of fused-ring (bicyclic) bond motifs is 1. The van der Waals surface area contributed by atoms with E-state index >= 15 is 0 Å². The van der Waals surface area contributed by atoms with E-state index in [4.69, 9.17) is 0 Å². The SMILES string of the molecule is COC(=O)C[C@H](C)SCC(=O)c1c[nH]c2ccccc12. The molecule has 1 atom stereocenters. The third kappa shape index (κ3) is 3.42. The molecule has 0 fully saturated rings. The van der Waals surface area contributed by atoms with Gasteiger partial charge in [0.05, 0.1) is 19.3 Å². The number of esters is 1. The molecular weight excluding hydrogens is 274 g/mol. The first-order chi connectivity index (χ1) is 9.61. The van der Waals surface area contributed by atoms with Crippen molar-refractivity contribution < 1.29 is 14.3 Å². The van der Waals surface area contributed by atoms with Crippen LogP contribution in [0, 0.1) is 0 Å². The molecule has 1 aromatic heterocycles. The Morgan fingerprint density at radius 3 is 2.85 bits per heavy atom. The van der Waals surface area contributed by atoms with Crippen molar-refractivity contribution in [3.8, 4) is 0 Å². The van der Waals surface area contributed by atoms with Crippen LogP contribution in [0.3, 0.4) is 0 Å². The van der Waals surface area contributed by atoms with Crippen LogP contribution in [0.5, 0.6) is 0 Å². The Morgan fingerprint density at radius 1 is 1.35 bits per heavy atom. The van der Waals surface area contributed by atoms with Crippen LogP contribution in [0.15, 0.2) is 30.5 Å². The second-order valence-corrected chi connectivity index (χ2v) is 6.00. The minimum atomic E-state index is -0.246. The van der Waals surface area contributed by atoms with E-state index in [2.05, 4.69) is 9.72 Å². The van der Waals surface area contributed by atoms with Crippen LogP contribution in [0.1, 0.15) is 23.7 Å². The van der Waals surface area contributed by atoms with E-state index in [9.17, 15) is 9.59 Å². The summed E-state index contributed by atoms with van der Waals surface area (Å²) >= 11 is 1.47. The standard InChI is InChI=1S/C15H17NO3S/c1-10(7-15(18)19-2)20-9-14(17)12-8-16-13-6-4-3-5-11(12)13/h3-6,8,10,16H,7,9H2,1-2H3/t10-/m0/s1. The van der Waals surface area contributed by atoms with E-state index in [0.29, 0.717) is 17.7 Å². The second kappa shape index (κ2) is 6.61. The number of ether oxygens (including phenoxy) is 1. The number of benzene rings is 1. The molecule has 1 aromatic carbocycles. The summed E-state index contributed by atoms with van der Waals surface area (Å²) in [6.07, 6.45) is 2.07. The van der Waals surface area contributed by atoms with Crippen LogP contribution in [-0.2, 0) is 9.53 Å². The van der Waals surface area contributed by atoms with Gasteiger partial charge >= 0.3 is 5.97 Å². The Labute approximate surface area is 121 Å². The lowest BCUT2D eigenvalue weighted by Crippen LogP contribution is -2.11. The van der Waals surface area contributed by atoms with E-state index in [1.165, 1.54) is 18.9 Å². The van der Waals surface area contributed by atoms with Gasteiger partial charge in [-0.25, -0.2) is 0 Å². The Kier molecular flexibility index (Phi) is 4.84. The van der Waals surface area contributed by atoms with Crippen molar-refractivity contribution in [2.24, 2.45) is 0 Å². The largest absolute Gasteiger partial charge is 0.469 e. The molecule has 0 spiro atoms. The van der Waals surface area contributed by atoms with Crippen molar-refractivity contribution in [2.75, 3.05) is 12.9 Å². The van der Waals surface area contributed by atoms with Gasteiger partial charge in [0.25, 0.3) is 0 Å². The van der Waals surface area contributed by atoms with Crippen LogP contribution < -0.4 is 0 Å². The monoisotopic (exact) mass is 291 g/mol. The van der Waals surface area contributed by atoms with Gasteiger partial charge in [-0.1, -0.05) is 25.1 Å². The van der Waals surface area contributed by atoms with Gasteiger partial charge in [0.1, 0.15) is 0 Å². The Morgan fingerprint density at radius 2 is 2.10 bits per heavy atom. The topological polar surface area (TPSA) is 59.2 Å². The minimum Gasteiger partial charge on any atom is -0.469 e. The van der Waals surface area contributed by atoms with Crippen molar-refractivity contribution in [1.29, 1.82) is 0 Å². The molecule has 0 bridgehead atoms. The molecule has 4 nitrogen and oxygen atoms in total. The molecule has 0 unspecified atom stereocenters. The summed E-state index contributed by atoms with van der Waals surface area (Å²) in [4.78, 5) is 26.5. The third-order valence-electron chi connectivity index (χ3n) is 3.07. The highest BCUT2D eigenvalue weighted by Gasteiger charge is 2.15. The van der Waals surface area contributed by atoms with Crippen molar-refractivity contribution in [1.82, 2.24) is 4.98 Å². The number of ketones is 1. The molecule has 0 saturated heterocycles. The van der Waals surface area contributed by atoms with E-state index in [1.54, 1.807) is 6.20 Å². The average molecular weight is 291 g/mol. The zero-order valence-electron chi connectivity index (χ0n) is 11.5. The first kappa shape index (κ1) is 14.7. The summed E-state index contributed by atoms with van der Waals surface area (Å²) in [6, 6.07) is 7.72. The number of rotatable bonds is 6. The van der Waals surface area contributed by atoms with E-state index in [0.717, 1.165) is 10.9 Å². The first-order valence-corrected chi connectivity index (χ1v) is 7.44. The van der Waals surface area contributed by atoms with E-state index in [-0.39, 0.29) is 17.0 Å². The summed E-state index contributed by atoms with van der Waals surface area (Å²) in [5, 5.41) is 1.01. The average Bonchev–Trinajstić information content (AvgIpc) is 2.88. The van der Waals surface area contributed by atoms with Gasteiger partial charge in [0.15, 0.2) is 5.78 Å². The Bertz CT molecular complexity index is 620. The Hall–Kier alpha value is -1.75. The van der Waals surface area contributed by atoms with Crippen molar-refractivity contribution in [3.05, 3.63) is 36.0 Å². The summed E-state index contributed by atoms with van der Waals surface area (Å²) in [5.74, 6) is 0.189. The zero-order chi connectivity index (χ0) is 14.5. The molecule has 0 amide bonds. The van der Waals surface area contributed by atoms with Gasteiger partial charge in [-0.3, -0.25) is 9.59 Å². The molecule has 1 N–H and O–H groups in total.